The van der Waals surface area contributed by atoms with Gasteiger partial charge in [0.15, 0.2) is 5.71 Å². The molecule has 0 aliphatic carbocycles. The van der Waals surface area contributed by atoms with E-state index in [-0.39, 0.29) is 79.4 Å². The Bertz CT molecular complexity index is 3930. The number of ether oxygens (including phenoxy) is 1. The Morgan fingerprint density at radius 3 is 1.78 bits per heavy atom. The van der Waals surface area contributed by atoms with Crippen LogP contribution >= 0.6 is 0 Å². The number of hydrogen-bond donors (Lipinski definition) is 6. The molecular weight excluding hydrogens is 1130 g/mol. The molecule has 3 heterocycles. The van der Waals surface area contributed by atoms with Crippen molar-refractivity contribution in [2.24, 2.45) is 0 Å². The first-order valence-corrected chi connectivity index (χ1v) is 32.0. The van der Waals surface area contributed by atoms with Gasteiger partial charge in [-0.2, -0.15) is 46.7 Å². The number of anilines is 1. The lowest BCUT2D eigenvalue weighted by Gasteiger charge is -2.30. The highest BCUT2D eigenvalue weighted by Crippen LogP contribution is 2.54. The van der Waals surface area contributed by atoms with Gasteiger partial charge >= 0.3 is 0 Å². The van der Waals surface area contributed by atoms with Crippen LogP contribution < -0.4 is 10.2 Å². The zero-order valence-corrected chi connectivity index (χ0v) is 47.3. The number of benzene rings is 4. The van der Waals surface area contributed by atoms with E-state index in [1.807, 2.05) is 16.4 Å². The van der Waals surface area contributed by atoms with Gasteiger partial charge in [-0.3, -0.25) is 42.0 Å². The van der Waals surface area contributed by atoms with Crippen molar-refractivity contribution in [3.05, 3.63) is 108 Å². The summed E-state index contributed by atoms with van der Waals surface area (Å²) in [7, 11) is -23.3. The number of nitrogens with zero attached hydrogens (tertiary/aromatic N) is 3. The molecular formula is C51H59N4O19S5+. The molecule has 0 saturated carbocycles. The summed E-state index contributed by atoms with van der Waals surface area (Å²) in [6.45, 7) is 6.12. The number of nitrogens with one attached hydrogen (secondary N) is 1. The second-order valence-electron chi connectivity index (χ2n) is 19.5. The average Bonchev–Trinajstić information content (AvgIpc) is 4.14. The van der Waals surface area contributed by atoms with E-state index >= 15 is 0 Å². The van der Waals surface area contributed by atoms with Crippen molar-refractivity contribution in [3.63, 3.8) is 0 Å². The van der Waals surface area contributed by atoms with E-state index < -0.39 is 98.6 Å². The lowest BCUT2D eigenvalue weighted by molar-refractivity contribution is -0.433. The molecule has 0 radical (unpaired) electrons. The quantitative estimate of drug-likeness (QED) is 0.0167. The van der Waals surface area contributed by atoms with Crippen molar-refractivity contribution in [1.82, 2.24) is 10.2 Å². The van der Waals surface area contributed by atoms with Crippen molar-refractivity contribution < 1.29 is 88.5 Å². The number of allylic oxidation sites excluding steroid dienone is 6. The largest absolute Gasteiger partial charge is 0.385 e. The van der Waals surface area contributed by atoms with Crippen LogP contribution in [0, 0.1) is 0 Å². The molecule has 3 aliphatic rings. The maximum Gasteiger partial charge on any atom is 0.295 e. The van der Waals surface area contributed by atoms with Gasteiger partial charge in [-0.05, 0) is 112 Å². The van der Waals surface area contributed by atoms with Crippen LogP contribution in [0.1, 0.15) is 76.8 Å². The van der Waals surface area contributed by atoms with Crippen LogP contribution in [0.4, 0.5) is 11.4 Å². The second-order valence-corrected chi connectivity index (χ2v) is 26.7. The molecule has 23 nitrogen and oxygen atoms in total. The molecule has 2 unspecified atom stereocenters. The minimum atomic E-state index is -5.09. The Hall–Kier alpha value is -6.05. The van der Waals surface area contributed by atoms with Crippen molar-refractivity contribution in [2.75, 3.05) is 50.5 Å². The summed E-state index contributed by atoms with van der Waals surface area (Å²) >= 11 is 0. The molecule has 3 amide bonds. The molecule has 0 saturated heterocycles. The summed E-state index contributed by atoms with van der Waals surface area (Å²) in [5.74, 6) is -1.91. The third kappa shape index (κ3) is 12.8. The second kappa shape index (κ2) is 22.8. The van der Waals surface area contributed by atoms with Crippen LogP contribution in [0.25, 0.3) is 21.5 Å². The molecule has 79 heavy (non-hydrogen) atoms. The monoisotopic (exact) mass is 1190 g/mol. The van der Waals surface area contributed by atoms with Gasteiger partial charge in [-0.15, -0.1) is 0 Å². The highest BCUT2D eigenvalue weighted by Gasteiger charge is 2.49. The molecule has 0 fully saturated rings. The lowest BCUT2D eigenvalue weighted by Crippen LogP contribution is -2.38. The number of hydrogen-bond acceptors (Lipinski definition) is 15. The topological polar surface area (TPSA) is 354 Å². The Morgan fingerprint density at radius 1 is 0.658 bits per heavy atom. The fourth-order valence-corrected chi connectivity index (χ4v) is 14.0. The van der Waals surface area contributed by atoms with Gasteiger partial charge in [-0.25, -0.2) is 0 Å². The number of methoxy groups -OCH3 is 1. The number of unbranched alkanes of at least 4 members (excludes halogenated alkanes) is 2. The minimum Gasteiger partial charge on any atom is -0.385 e. The molecule has 4 aromatic carbocycles. The lowest BCUT2D eigenvalue weighted by atomic mass is 9.74. The molecule has 4 aromatic rings. The van der Waals surface area contributed by atoms with E-state index in [2.05, 4.69) is 5.32 Å². The van der Waals surface area contributed by atoms with Crippen LogP contribution in [0.3, 0.4) is 0 Å². The van der Waals surface area contributed by atoms with Crippen LogP contribution in [-0.2, 0) is 80.5 Å². The maximum atomic E-state index is 12.8. The van der Waals surface area contributed by atoms with Crippen molar-refractivity contribution in [2.45, 2.75) is 96.1 Å². The predicted octanol–water partition coefficient (Wildman–Crippen LogP) is 5.44. The van der Waals surface area contributed by atoms with Crippen molar-refractivity contribution in [1.29, 1.82) is 0 Å². The van der Waals surface area contributed by atoms with Crippen LogP contribution in [0.2, 0.25) is 0 Å². The Balaban J connectivity index is 1.30. The van der Waals surface area contributed by atoms with Gasteiger partial charge in [-0.1, -0.05) is 30.7 Å². The number of fused-ring (bicyclic) bond motifs is 6. The standard InChI is InChI=1S/C51H58N4O19S5/c1-5-53-39-18-16-35-37(29-33(76(62,63)64)31-41(35)78(68,69)70)48(39)50(2,22-12-28-75(59,60)61)43(53)13-8-6-9-14-44-51(3,23-27-74-4)49-38-30-34(77(65,66)67)32-42(79(71,72)73)36(38)17-19-40(49)54(44)25-11-7-10-15-45(56)52-24-26-55-46(57)20-21-47(55)58/h6,8-9,13-14,16-21,29-32H,5,7,10-12,15,22-28H2,1-4H3,(H5-,52,56,59,60,61,62,63,64,65,66,67,68,69,70,71,72,73)/p+1. The SMILES string of the molecule is CC[N+]1=C(/C=C/C=C/C=C2/N(CCCCCC(=O)NCCN3C(=O)C=CC3=O)c3ccc4c(S(=O)(=O)O)cc(S(=O)(=O)O)cc4c3C2(C)CCOC)C(C)(CCCS(=O)(=O)O)c2c1ccc1c(S(=O)(=O)O)cc(S(=O)(=O)O)cc21. The number of carbonyl (C=O) groups is 3. The third-order valence-corrected chi connectivity index (χ3v) is 18.7. The van der Waals surface area contributed by atoms with Crippen LogP contribution in [0.15, 0.2) is 116 Å². The van der Waals surface area contributed by atoms with E-state index in [1.54, 1.807) is 56.4 Å². The van der Waals surface area contributed by atoms with E-state index in [0.29, 0.717) is 71.9 Å². The molecule has 3 aliphatic heterocycles. The van der Waals surface area contributed by atoms with Gasteiger partial charge in [0.1, 0.15) is 16.3 Å². The molecule has 0 bridgehead atoms. The Labute approximate surface area is 457 Å². The molecule has 426 valence electrons. The molecule has 6 N–H and O–H groups in total. The molecule has 7 rings (SSSR count). The summed E-state index contributed by atoms with van der Waals surface area (Å²) < 4.78 is 184. The summed E-state index contributed by atoms with van der Waals surface area (Å²) in [6.07, 6.45) is 12.4. The fraction of sp³-hybridized carbons (Fsp3) is 0.373. The van der Waals surface area contributed by atoms with Gasteiger partial charge in [0.25, 0.3) is 62.4 Å². The molecule has 28 heteroatoms. The normalized spacial score (nSPS) is 19.6. The summed E-state index contributed by atoms with van der Waals surface area (Å²) in [5.41, 5.74) is 0.526. The van der Waals surface area contributed by atoms with Crippen LogP contribution in [-0.4, -0.2) is 143 Å². The van der Waals surface area contributed by atoms with E-state index in [0.717, 1.165) is 29.2 Å². The van der Waals surface area contributed by atoms with Gasteiger partial charge < -0.3 is 15.0 Å². The molecule has 2 atom stereocenters. The van der Waals surface area contributed by atoms with Crippen molar-refractivity contribution in [3.8, 4) is 0 Å². The maximum absolute atomic E-state index is 12.8. The van der Waals surface area contributed by atoms with Crippen LogP contribution in [0.5, 0.6) is 0 Å². The van der Waals surface area contributed by atoms with E-state index in [1.165, 1.54) is 19.2 Å². The zero-order valence-electron chi connectivity index (χ0n) is 43.2. The predicted molar refractivity (Wildman–Crippen MR) is 291 cm³/mol. The number of imide groups is 1. The highest BCUT2D eigenvalue weighted by molar-refractivity contribution is 7.87. The first kappa shape index (κ1) is 60.6. The smallest absolute Gasteiger partial charge is 0.295 e. The third-order valence-electron chi connectivity index (χ3n) is 14.4. The number of rotatable bonds is 24. The number of carbonyl (C=O) groups excluding carboxylic acids is 3. The van der Waals surface area contributed by atoms with Gasteiger partial charge in [0.05, 0.1) is 21.0 Å². The van der Waals surface area contributed by atoms with Gasteiger partial charge in [0, 0.05) is 97.2 Å². The highest BCUT2D eigenvalue weighted by atomic mass is 32.2. The zero-order chi connectivity index (χ0) is 58.3. The average molecular weight is 1190 g/mol. The summed E-state index contributed by atoms with van der Waals surface area (Å²) in [6, 6.07) is 9.47. The van der Waals surface area contributed by atoms with Crippen molar-refractivity contribution >= 4 is 107 Å². The fourth-order valence-electron chi connectivity index (χ4n) is 10.9. The van der Waals surface area contributed by atoms with E-state index in [4.69, 9.17) is 4.74 Å². The Morgan fingerprint density at radius 2 is 1.24 bits per heavy atom. The first-order valence-electron chi connectivity index (χ1n) is 24.6. The minimum absolute atomic E-state index is 0.00478. The molecule has 0 aromatic heterocycles. The number of amides is 3. The Kier molecular flexibility index (Phi) is 17.5. The summed E-state index contributed by atoms with van der Waals surface area (Å²) in [5, 5.41) is 2.68. The van der Waals surface area contributed by atoms with E-state index in [9.17, 15) is 79.2 Å². The summed E-state index contributed by atoms with van der Waals surface area (Å²) in [4.78, 5) is 36.3. The first-order chi connectivity index (χ1) is 36.8. The van der Waals surface area contributed by atoms with Gasteiger partial charge in [0.2, 0.25) is 11.6 Å². The molecule has 0 spiro atoms.